The summed E-state index contributed by atoms with van der Waals surface area (Å²) in [5.74, 6) is 5.17. The van der Waals surface area contributed by atoms with Crippen LogP contribution in [0.25, 0.3) is 10.9 Å². The molecule has 0 N–H and O–H groups in total. The van der Waals surface area contributed by atoms with Crippen molar-refractivity contribution in [1.82, 2.24) is 9.78 Å². The number of hydrogen-bond donors (Lipinski definition) is 0. The van der Waals surface area contributed by atoms with E-state index in [9.17, 15) is 8.78 Å². The topological polar surface area (TPSA) is 27.1 Å². The highest BCUT2D eigenvalue weighted by Gasteiger charge is 2.23. The molecule has 1 aliphatic heterocycles. The number of nitrogens with zero attached hydrogens (tertiary/aromatic N) is 2. The molecular weight excluding hydrogens is 298 g/mol. The lowest BCUT2D eigenvalue weighted by molar-refractivity contribution is -0.0369. The normalized spacial score (nSPS) is 21.7. The highest BCUT2D eigenvalue weighted by molar-refractivity contribution is 5.82. The smallest absolute Gasteiger partial charge is 0.150 e. The van der Waals surface area contributed by atoms with Crippen LogP contribution in [0.2, 0.25) is 0 Å². The van der Waals surface area contributed by atoms with Gasteiger partial charge in [-0.1, -0.05) is 18.3 Å². The second-order valence-electron chi connectivity index (χ2n) is 6.29. The fourth-order valence-electron chi connectivity index (χ4n) is 3.12. The number of fused-ring (bicyclic) bond motifs is 1. The Balaban J connectivity index is 1.75. The third kappa shape index (κ3) is 2.61. The van der Waals surface area contributed by atoms with Crippen LogP contribution in [0.4, 0.5) is 8.78 Å². The molecule has 3 nitrogen and oxygen atoms in total. The van der Waals surface area contributed by atoms with E-state index in [-0.39, 0.29) is 22.7 Å². The number of halogens is 2. The molecule has 23 heavy (non-hydrogen) atoms. The molecule has 1 unspecified atom stereocenters. The molecule has 5 heteroatoms. The maximum absolute atomic E-state index is 14.6. The van der Waals surface area contributed by atoms with Crippen molar-refractivity contribution in [2.24, 2.45) is 5.92 Å². The second kappa shape index (κ2) is 5.93. The summed E-state index contributed by atoms with van der Waals surface area (Å²) in [5, 5.41) is 4.35. The molecule has 1 aromatic heterocycles. The molecule has 1 aliphatic carbocycles. The molecule has 2 aromatic rings. The fraction of sp³-hybridized carbons (Fsp3) is 0.500. The van der Waals surface area contributed by atoms with Gasteiger partial charge in [-0.05, 0) is 38.2 Å². The van der Waals surface area contributed by atoms with Gasteiger partial charge in [0, 0.05) is 12.5 Å². The maximum Gasteiger partial charge on any atom is 0.150 e. The van der Waals surface area contributed by atoms with Gasteiger partial charge in [0.15, 0.2) is 12.0 Å². The van der Waals surface area contributed by atoms with Crippen molar-refractivity contribution < 1.29 is 13.5 Å². The van der Waals surface area contributed by atoms with Gasteiger partial charge in [0.05, 0.1) is 17.1 Å². The zero-order valence-corrected chi connectivity index (χ0v) is 12.8. The van der Waals surface area contributed by atoms with E-state index in [1.54, 1.807) is 0 Å². The van der Waals surface area contributed by atoms with Gasteiger partial charge in [-0.3, -0.25) is 0 Å². The zero-order chi connectivity index (χ0) is 15.8. The summed E-state index contributed by atoms with van der Waals surface area (Å²) in [6, 6.07) is 1.18. The number of rotatable bonds is 1. The summed E-state index contributed by atoms with van der Waals surface area (Å²) in [6.45, 7) is 0.626. The number of aromatic nitrogens is 2. The quantitative estimate of drug-likeness (QED) is 0.739. The SMILES string of the molecule is Fc1c(C#CC2CCC2)cc(F)c2c1cnn2C1CCCCO1. The molecule has 1 atom stereocenters. The van der Waals surface area contributed by atoms with Gasteiger partial charge in [0.1, 0.15) is 11.3 Å². The highest BCUT2D eigenvalue weighted by atomic mass is 19.1. The van der Waals surface area contributed by atoms with Crippen LogP contribution < -0.4 is 0 Å². The average molecular weight is 316 g/mol. The van der Waals surface area contributed by atoms with Crippen LogP contribution in [-0.4, -0.2) is 16.4 Å². The maximum atomic E-state index is 14.6. The lowest BCUT2D eigenvalue weighted by Crippen LogP contribution is -2.19. The van der Waals surface area contributed by atoms with Gasteiger partial charge in [-0.15, -0.1) is 0 Å². The summed E-state index contributed by atoms with van der Waals surface area (Å²) >= 11 is 0. The Morgan fingerprint density at radius 3 is 2.74 bits per heavy atom. The number of ether oxygens (including phenoxy) is 1. The van der Waals surface area contributed by atoms with Gasteiger partial charge in [0.25, 0.3) is 0 Å². The largest absolute Gasteiger partial charge is 0.356 e. The van der Waals surface area contributed by atoms with Crippen molar-refractivity contribution in [3.63, 3.8) is 0 Å². The van der Waals surface area contributed by atoms with Crippen molar-refractivity contribution >= 4 is 10.9 Å². The Bertz CT molecular complexity index is 793. The summed E-state index contributed by atoms with van der Waals surface area (Å²) < 4.78 is 36.3. The van der Waals surface area contributed by atoms with Crippen molar-refractivity contribution in [3.8, 4) is 11.8 Å². The third-order valence-electron chi connectivity index (χ3n) is 4.71. The van der Waals surface area contributed by atoms with Crippen LogP contribution in [-0.2, 0) is 4.74 Å². The van der Waals surface area contributed by atoms with Gasteiger partial charge in [-0.25, -0.2) is 13.5 Å². The van der Waals surface area contributed by atoms with Gasteiger partial charge >= 0.3 is 0 Å². The summed E-state index contributed by atoms with van der Waals surface area (Å²) in [7, 11) is 0. The Kier molecular flexibility index (Phi) is 3.78. The first kappa shape index (κ1) is 14.6. The Labute approximate surface area is 133 Å². The van der Waals surface area contributed by atoms with Crippen LogP contribution in [0.3, 0.4) is 0 Å². The lowest BCUT2D eigenvalue weighted by Gasteiger charge is -2.23. The van der Waals surface area contributed by atoms with E-state index in [1.165, 1.54) is 23.4 Å². The van der Waals surface area contributed by atoms with E-state index in [1.807, 2.05) is 0 Å². The minimum Gasteiger partial charge on any atom is -0.356 e. The Hall–Kier alpha value is -1.93. The Morgan fingerprint density at radius 2 is 2.04 bits per heavy atom. The molecule has 2 fully saturated rings. The van der Waals surface area contributed by atoms with Gasteiger partial charge < -0.3 is 4.74 Å². The number of hydrogen-bond acceptors (Lipinski definition) is 2. The molecule has 4 rings (SSSR count). The molecule has 2 aliphatic rings. The summed E-state index contributed by atoms with van der Waals surface area (Å²) in [4.78, 5) is 0. The van der Waals surface area contributed by atoms with Crippen LogP contribution in [0.5, 0.6) is 0 Å². The first-order valence-electron chi connectivity index (χ1n) is 8.22. The molecule has 0 bridgehead atoms. The summed E-state index contributed by atoms with van der Waals surface area (Å²) in [5.41, 5.74) is 0.287. The monoisotopic (exact) mass is 316 g/mol. The molecule has 0 radical (unpaired) electrons. The van der Waals surface area contributed by atoms with Crippen molar-refractivity contribution in [2.45, 2.75) is 44.8 Å². The van der Waals surface area contributed by atoms with Gasteiger partial charge in [0.2, 0.25) is 0 Å². The highest BCUT2D eigenvalue weighted by Crippen LogP contribution is 2.30. The van der Waals surface area contributed by atoms with Gasteiger partial charge in [-0.2, -0.15) is 5.10 Å². The molecule has 0 spiro atoms. The molecule has 1 saturated heterocycles. The fourth-order valence-corrected chi connectivity index (χ4v) is 3.12. The predicted molar refractivity (Wildman–Crippen MR) is 82.7 cm³/mol. The van der Waals surface area contributed by atoms with E-state index < -0.39 is 11.6 Å². The van der Waals surface area contributed by atoms with E-state index in [2.05, 4.69) is 16.9 Å². The summed E-state index contributed by atoms with van der Waals surface area (Å²) in [6.07, 6.45) is 7.09. The second-order valence-corrected chi connectivity index (χ2v) is 6.29. The molecule has 0 amide bonds. The third-order valence-corrected chi connectivity index (χ3v) is 4.71. The minimum atomic E-state index is -0.494. The average Bonchev–Trinajstić information content (AvgIpc) is 2.97. The first-order chi connectivity index (χ1) is 11.2. The van der Waals surface area contributed by atoms with E-state index in [4.69, 9.17) is 4.74 Å². The van der Waals surface area contributed by atoms with Crippen molar-refractivity contribution in [3.05, 3.63) is 29.5 Å². The molecule has 1 saturated carbocycles. The van der Waals surface area contributed by atoms with Crippen LogP contribution in [0, 0.1) is 29.4 Å². The molecule has 1 aromatic carbocycles. The predicted octanol–water partition coefficient (Wildman–Crippen LogP) is 4.17. The first-order valence-corrected chi connectivity index (χ1v) is 8.22. The molecule has 120 valence electrons. The lowest BCUT2D eigenvalue weighted by atomic mass is 9.86. The minimum absolute atomic E-state index is 0.117. The zero-order valence-electron chi connectivity index (χ0n) is 12.8. The van der Waals surface area contributed by atoms with Crippen LogP contribution in [0.1, 0.15) is 50.3 Å². The number of benzene rings is 1. The Morgan fingerprint density at radius 1 is 1.17 bits per heavy atom. The van der Waals surface area contributed by atoms with E-state index in [0.717, 1.165) is 32.1 Å². The van der Waals surface area contributed by atoms with Crippen molar-refractivity contribution in [2.75, 3.05) is 6.61 Å². The van der Waals surface area contributed by atoms with Crippen LogP contribution in [0.15, 0.2) is 12.3 Å². The molecule has 2 heterocycles. The van der Waals surface area contributed by atoms with E-state index >= 15 is 0 Å². The van der Waals surface area contributed by atoms with Crippen LogP contribution >= 0.6 is 0 Å². The standard InChI is InChI=1S/C18H18F2N2O/c19-15-10-13(8-7-12-4-3-5-12)17(20)14-11-21-22(18(14)15)16-6-1-2-9-23-16/h10-12,16H,1-6,9H2. The van der Waals surface area contributed by atoms with Crippen molar-refractivity contribution in [1.29, 1.82) is 0 Å². The molecular formula is C18H18F2N2O. The van der Waals surface area contributed by atoms with E-state index in [0.29, 0.717) is 12.5 Å².